The Morgan fingerprint density at radius 2 is 1.83 bits per heavy atom. The molecule has 2 aromatic carbocycles. The third-order valence-corrected chi connectivity index (χ3v) is 2.74. The van der Waals surface area contributed by atoms with Crippen molar-refractivity contribution in [2.45, 2.75) is 6.92 Å². The molecule has 2 aromatic rings. The first-order chi connectivity index (χ1) is 8.74. The van der Waals surface area contributed by atoms with Gasteiger partial charge in [0.15, 0.2) is 0 Å². The van der Waals surface area contributed by atoms with Crippen LogP contribution in [0.25, 0.3) is 0 Å². The first kappa shape index (κ1) is 12.3. The summed E-state index contributed by atoms with van der Waals surface area (Å²) in [4.78, 5) is 12.7. The van der Waals surface area contributed by atoms with E-state index in [1.54, 1.807) is 6.07 Å². The molecule has 2 nitrogen and oxygen atoms in total. The van der Waals surface area contributed by atoms with E-state index in [9.17, 15) is 9.18 Å². The topological polar surface area (TPSA) is 20.3 Å². The van der Waals surface area contributed by atoms with Crippen molar-refractivity contribution in [2.75, 3.05) is 11.4 Å². The van der Waals surface area contributed by atoms with Crippen LogP contribution in [-0.2, 0) is 0 Å². The molecule has 0 atom stereocenters. The Kier molecular flexibility index (Phi) is 3.72. The van der Waals surface area contributed by atoms with Gasteiger partial charge in [-0.05, 0) is 37.3 Å². The minimum absolute atomic E-state index is 0.347. The molecule has 0 aliphatic carbocycles. The van der Waals surface area contributed by atoms with Crippen molar-refractivity contribution in [3.05, 3.63) is 59.9 Å². The molecule has 0 saturated heterocycles. The number of carbonyl (C=O) groups excluding carboxylic acids is 1. The maximum atomic E-state index is 13.4. The molecule has 0 amide bonds. The highest BCUT2D eigenvalue weighted by Crippen LogP contribution is 2.26. The number of nitrogens with zero attached hydrogens (tertiary/aromatic N) is 1. The molecule has 0 N–H and O–H groups in total. The number of anilines is 2. The number of carbonyl (C=O) groups is 1. The molecule has 0 saturated carbocycles. The summed E-state index contributed by atoms with van der Waals surface area (Å²) in [5.74, 6) is -0.399. The molecular weight excluding hydrogens is 229 g/mol. The van der Waals surface area contributed by atoms with E-state index in [0.717, 1.165) is 5.69 Å². The van der Waals surface area contributed by atoms with Crippen molar-refractivity contribution in [1.82, 2.24) is 0 Å². The summed E-state index contributed by atoms with van der Waals surface area (Å²) in [6.45, 7) is 2.68. The van der Waals surface area contributed by atoms with Gasteiger partial charge in [0.05, 0.1) is 0 Å². The maximum absolute atomic E-state index is 13.4. The van der Waals surface area contributed by atoms with Crippen LogP contribution in [0.5, 0.6) is 0 Å². The number of benzene rings is 2. The molecule has 0 unspecified atom stereocenters. The first-order valence-electron chi connectivity index (χ1n) is 5.83. The second-order valence-corrected chi connectivity index (χ2v) is 3.94. The lowest BCUT2D eigenvalue weighted by Gasteiger charge is -2.23. The van der Waals surface area contributed by atoms with Crippen LogP contribution in [0.2, 0.25) is 0 Å². The van der Waals surface area contributed by atoms with Gasteiger partial charge in [-0.1, -0.05) is 18.2 Å². The van der Waals surface area contributed by atoms with Gasteiger partial charge in [-0.15, -0.1) is 0 Å². The van der Waals surface area contributed by atoms with Crippen molar-refractivity contribution in [2.24, 2.45) is 0 Å². The molecule has 0 radical (unpaired) electrons. The highest BCUT2D eigenvalue weighted by Gasteiger charge is 2.09. The Morgan fingerprint density at radius 3 is 2.44 bits per heavy atom. The second kappa shape index (κ2) is 5.45. The van der Waals surface area contributed by atoms with Crippen molar-refractivity contribution < 1.29 is 9.18 Å². The number of hydrogen-bond donors (Lipinski definition) is 0. The Morgan fingerprint density at radius 1 is 1.11 bits per heavy atom. The molecular formula is C15H14FNO. The summed E-state index contributed by atoms with van der Waals surface area (Å²) >= 11 is 0. The monoisotopic (exact) mass is 243 g/mol. The van der Waals surface area contributed by atoms with Gasteiger partial charge in [-0.2, -0.15) is 0 Å². The molecule has 2 rings (SSSR count). The number of aldehydes is 1. The van der Waals surface area contributed by atoms with Crippen LogP contribution in [0.1, 0.15) is 17.3 Å². The molecule has 0 aliphatic heterocycles. The fourth-order valence-corrected chi connectivity index (χ4v) is 1.94. The van der Waals surface area contributed by atoms with Crippen molar-refractivity contribution >= 4 is 17.7 Å². The first-order valence-corrected chi connectivity index (χ1v) is 5.83. The number of hydrogen-bond acceptors (Lipinski definition) is 2. The average Bonchev–Trinajstić information content (AvgIpc) is 2.40. The Balaban J connectivity index is 2.45. The van der Waals surface area contributed by atoms with Gasteiger partial charge < -0.3 is 4.90 Å². The van der Waals surface area contributed by atoms with Gasteiger partial charge in [0, 0.05) is 23.5 Å². The van der Waals surface area contributed by atoms with E-state index in [1.165, 1.54) is 12.1 Å². The van der Waals surface area contributed by atoms with Crippen LogP contribution in [-0.4, -0.2) is 12.8 Å². The third-order valence-electron chi connectivity index (χ3n) is 2.74. The minimum atomic E-state index is -0.399. The normalized spacial score (nSPS) is 10.1. The standard InChI is InChI=1S/C15H14FNO/c1-2-17(14-6-4-3-5-7-14)15-9-12(11-18)8-13(16)10-15/h3-11H,2H2,1H3. The summed E-state index contributed by atoms with van der Waals surface area (Å²) in [5, 5.41) is 0. The van der Waals surface area contributed by atoms with Gasteiger partial charge in [0.25, 0.3) is 0 Å². The van der Waals surface area contributed by atoms with E-state index in [1.807, 2.05) is 42.2 Å². The van der Waals surface area contributed by atoms with E-state index in [0.29, 0.717) is 24.1 Å². The summed E-state index contributed by atoms with van der Waals surface area (Å²) in [5.41, 5.74) is 2.01. The number of halogens is 1. The Bertz CT molecular complexity index is 539. The zero-order chi connectivity index (χ0) is 13.0. The quantitative estimate of drug-likeness (QED) is 0.761. The zero-order valence-electron chi connectivity index (χ0n) is 10.1. The molecule has 92 valence electrons. The Labute approximate surface area is 106 Å². The van der Waals surface area contributed by atoms with Gasteiger partial charge in [-0.25, -0.2) is 4.39 Å². The molecule has 0 bridgehead atoms. The second-order valence-electron chi connectivity index (χ2n) is 3.94. The van der Waals surface area contributed by atoms with Crippen molar-refractivity contribution in [3.8, 4) is 0 Å². The molecule has 0 aliphatic rings. The van der Waals surface area contributed by atoms with Crippen LogP contribution >= 0.6 is 0 Å². The number of para-hydroxylation sites is 1. The van der Waals surface area contributed by atoms with Crippen LogP contribution < -0.4 is 4.90 Å². The van der Waals surface area contributed by atoms with Gasteiger partial charge in [-0.3, -0.25) is 4.79 Å². The largest absolute Gasteiger partial charge is 0.342 e. The smallest absolute Gasteiger partial charge is 0.150 e. The third kappa shape index (κ3) is 2.56. The maximum Gasteiger partial charge on any atom is 0.150 e. The van der Waals surface area contributed by atoms with E-state index in [2.05, 4.69) is 0 Å². The van der Waals surface area contributed by atoms with Gasteiger partial charge in [0.1, 0.15) is 12.1 Å². The van der Waals surface area contributed by atoms with Crippen LogP contribution in [0.3, 0.4) is 0 Å². The van der Waals surface area contributed by atoms with E-state index in [4.69, 9.17) is 0 Å². The van der Waals surface area contributed by atoms with Crippen LogP contribution in [0, 0.1) is 5.82 Å². The molecule has 0 fully saturated rings. The van der Waals surface area contributed by atoms with Crippen molar-refractivity contribution in [3.63, 3.8) is 0 Å². The van der Waals surface area contributed by atoms with Crippen LogP contribution in [0.15, 0.2) is 48.5 Å². The zero-order valence-corrected chi connectivity index (χ0v) is 10.1. The highest BCUT2D eigenvalue weighted by atomic mass is 19.1. The molecule has 0 heterocycles. The SMILES string of the molecule is CCN(c1ccccc1)c1cc(F)cc(C=O)c1. The predicted octanol–water partition coefficient (Wildman–Crippen LogP) is 3.80. The fourth-order valence-electron chi connectivity index (χ4n) is 1.94. The fraction of sp³-hybridized carbons (Fsp3) is 0.133. The molecule has 0 spiro atoms. The molecule has 3 heteroatoms. The highest BCUT2D eigenvalue weighted by molar-refractivity contribution is 5.78. The van der Waals surface area contributed by atoms with Crippen LogP contribution in [0.4, 0.5) is 15.8 Å². The predicted molar refractivity (Wildman–Crippen MR) is 70.9 cm³/mol. The Hall–Kier alpha value is -2.16. The molecule has 0 aromatic heterocycles. The number of rotatable bonds is 4. The lowest BCUT2D eigenvalue weighted by molar-refractivity contribution is 0.112. The summed E-state index contributed by atoms with van der Waals surface area (Å²) < 4.78 is 13.4. The summed E-state index contributed by atoms with van der Waals surface area (Å²) in [7, 11) is 0. The average molecular weight is 243 g/mol. The lowest BCUT2D eigenvalue weighted by atomic mass is 10.1. The summed E-state index contributed by atoms with van der Waals surface area (Å²) in [6, 6.07) is 14.0. The van der Waals surface area contributed by atoms with Crippen molar-refractivity contribution in [1.29, 1.82) is 0 Å². The molecule has 18 heavy (non-hydrogen) atoms. The van der Waals surface area contributed by atoms with Gasteiger partial charge in [0.2, 0.25) is 0 Å². The van der Waals surface area contributed by atoms with E-state index in [-0.39, 0.29) is 0 Å². The minimum Gasteiger partial charge on any atom is -0.342 e. The lowest BCUT2D eigenvalue weighted by Crippen LogP contribution is -2.16. The summed E-state index contributed by atoms with van der Waals surface area (Å²) in [6.07, 6.45) is 0.658. The van der Waals surface area contributed by atoms with E-state index < -0.39 is 5.82 Å². The van der Waals surface area contributed by atoms with Gasteiger partial charge >= 0.3 is 0 Å². The van der Waals surface area contributed by atoms with E-state index >= 15 is 0 Å².